The van der Waals surface area contributed by atoms with Gasteiger partial charge in [0.2, 0.25) is 5.95 Å². The van der Waals surface area contributed by atoms with Crippen LogP contribution < -0.4 is 10.1 Å². The van der Waals surface area contributed by atoms with Gasteiger partial charge in [-0.2, -0.15) is 0 Å². The summed E-state index contributed by atoms with van der Waals surface area (Å²) in [6.07, 6.45) is 9.12. The zero-order valence-electron chi connectivity index (χ0n) is 11.6. The molecule has 0 atom stereocenters. The molecule has 0 bridgehead atoms. The van der Waals surface area contributed by atoms with E-state index in [1.807, 2.05) is 6.07 Å². The fourth-order valence-electron chi connectivity index (χ4n) is 2.40. The monoisotopic (exact) mass is 284 g/mol. The van der Waals surface area contributed by atoms with Gasteiger partial charge in [-0.25, -0.2) is 9.97 Å². The highest BCUT2D eigenvalue weighted by molar-refractivity contribution is 5.90. The number of anilines is 1. The summed E-state index contributed by atoms with van der Waals surface area (Å²) in [6.45, 7) is -0.0608. The van der Waals surface area contributed by atoms with Gasteiger partial charge in [0.1, 0.15) is 5.75 Å². The fourth-order valence-corrected chi connectivity index (χ4v) is 2.40. The topological polar surface area (TPSA) is 77.0 Å². The molecule has 0 fully saturated rings. The van der Waals surface area contributed by atoms with E-state index in [1.54, 1.807) is 24.7 Å². The van der Waals surface area contributed by atoms with E-state index in [0.717, 1.165) is 42.7 Å². The Bertz CT molecular complexity index is 631. The van der Waals surface area contributed by atoms with E-state index >= 15 is 0 Å². The molecule has 1 aliphatic carbocycles. The molecule has 0 unspecified atom stereocenters. The zero-order chi connectivity index (χ0) is 14.5. The molecule has 0 saturated carbocycles. The first-order valence-corrected chi connectivity index (χ1v) is 6.99. The Labute approximate surface area is 122 Å². The van der Waals surface area contributed by atoms with Gasteiger partial charge >= 0.3 is 0 Å². The second-order valence-electron chi connectivity index (χ2n) is 4.85. The molecule has 0 aromatic carbocycles. The molecule has 2 aromatic rings. The summed E-state index contributed by atoms with van der Waals surface area (Å²) in [5.74, 6) is 0.759. The highest BCUT2D eigenvalue weighted by Crippen LogP contribution is 2.27. The third-order valence-corrected chi connectivity index (χ3v) is 3.37. The summed E-state index contributed by atoms with van der Waals surface area (Å²) in [7, 11) is 0. The van der Waals surface area contributed by atoms with Gasteiger partial charge in [-0.15, -0.1) is 0 Å². The first kappa shape index (κ1) is 13.5. The molecule has 2 aromatic heterocycles. The molecule has 108 valence electrons. The van der Waals surface area contributed by atoms with Crippen LogP contribution in [0.1, 0.15) is 24.1 Å². The number of nitrogens with zero attached hydrogens (tertiary/aromatic N) is 3. The predicted molar refractivity (Wildman–Crippen MR) is 77.0 cm³/mol. The minimum absolute atomic E-state index is 0.0608. The normalized spacial score (nSPS) is 13.3. The summed E-state index contributed by atoms with van der Waals surface area (Å²) in [5, 5.41) is 2.59. The van der Waals surface area contributed by atoms with Gasteiger partial charge in [0.15, 0.2) is 6.61 Å². The van der Waals surface area contributed by atoms with Crippen molar-refractivity contribution in [2.45, 2.75) is 25.7 Å². The second-order valence-corrected chi connectivity index (χ2v) is 4.85. The minimum Gasteiger partial charge on any atom is -0.483 e. The summed E-state index contributed by atoms with van der Waals surface area (Å²) in [4.78, 5) is 24.1. The molecule has 1 aliphatic rings. The average molecular weight is 284 g/mol. The Balaban J connectivity index is 1.61. The van der Waals surface area contributed by atoms with E-state index in [0.29, 0.717) is 0 Å². The number of carbonyl (C=O) groups is 1. The molecule has 1 N–H and O–H groups in total. The lowest BCUT2D eigenvalue weighted by Crippen LogP contribution is -2.22. The maximum Gasteiger partial charge on any atom is 0.264 e. The van der Waals surface area contributed by atoms with Crippen molar-refractivity contribution in [1.82, 2.24) is 15.0 Å². The number of ether oxygens (including phenoxy) is 1. The van der Waals surface area contributed by atoms with Crippen LogP contribution in [-0.4, -0.2) is 27.5 Å². The van der Waals surface area contributed by atoms with Gasteiger partial charge in [-0.1, -0.05) is 0 Å². The molecule has 6 nitrogen and oxygen atoms in total. The van der Waals surface area contributed by atoms with Crippen LogP contribution in [0.2, 0.25) is 0 Å². The van der Waals surface area contributed by atoms with Crippen molar-refractivity contribution in [1.29, 1.82) is 0 Å². The zero-order valence-corrected chi connectivity index (χ0v) is 11.6. The molecule has 1 amide bonds. The van der Waals surface area contributed by atoms with E-state index < -0.39 is 0 Å². The van der Waals surface area contributed by atoms with E-state index in [9.17, 15) is 4.79 Å². The van der Waals surface area contributed by atoms with Gasteiger partial charge in [0.05, 0.1) is 0 Å². The Morgan fingerprint density at radius 3 is 2.81 bits per heavy atom. The molecule has 6 heteroatoms. The van der Waals surface area contributed by atoms with E-state index in [-0.39, 0.29) is 18.5 Å². The number of aryl methyl sites for hydroxylation is 1. The van der Waals surface area contributed by atoms with Gasteiger partial charge in [-0.3, -0.25) is 15.1 Å². The van der Waals surface area contributed by atoms with Crippen LogP contribution in [0.15, 0.2) is 30.7 Å². The largest absolute Gasteiger partial charge is 0.483 e. The summed E-state index contributed by atoms with van der Waals surface area (Å²) >= 11 is 0. The minimum atomic E-state index is -0.275. The van der Waals surface area contributed by atoms with Gasteiger partial charge in [0, 0.05) is 29.8 Å². The third kappa shape index (κ3) is 3.34. The molecular weight excluding hydrogens is 268 g/mol. The van der Waals surface area contributed by atoms with Crippen LogP contribution >= 0.6 is 0 Å². The third-order valence-electron chi connectivity index (χ3n) is 3.37. The SMILES string of the molecule is O=C(COc1ccnc2c1CCCC2)Nc1ncccn1. The lowest BCUT2D eigenvalue weighted by atomic mass is 9.95. The number of rotatable bonds is 4. The molecule has 21 heavy (non-hydrogen) atoms. The van der Waals surface area contributed by atoms with Crippen molar-refractivity contribution in [3.8, 4) is 5.75 Å². The van der Waals surface area contributed by atoms with Crippen LogP contribution in [0.5, 0.6) is 5.75 Å². The van der Waals surface area contributed by atoms with E-state index in [1.165, 1.54) is 0 Å². The number of nitrogens with one attached hydrogen (secondary N) is 1. The summed E-state index contributed by atoms with van der Waals surface area (Å²) in [6, 6.07) is 3.51. The quantitative estimate of drug-likeness (QED) is 0.925. The number of carbonyl (C=O) groups excluding carboxylic acids is 1. The van der Waals surface area contributed by atoms with Gasteiger partial charge in [-0.05, 0) is 37.8 Å². The number of pyridine rings is 1. The highest BCUT2D eigenvalue weighted by atomic mass is 16.5. The van der Waals surface area contributed by atoms with E-state index in [4.69, 9.17) is 4.74 Å². The number of amides is 1. The maximum absolute atomic E-state index is 11.8. The summed E-state index contributed by atoms with van der Waals surface area (Å²) in [5.41, 5.74) is 2.22. The van der Waals surface area contributed by atoms with Crippen molar-refractivity contribution in [3.63, 3.8) is 0 Å². The molecule has 2 heterocycles. The van der Waals surface area contributed by atoms with Crippen molar-refractivity contribution < 1.29 is 9.53 Å². The lowest BCUT2D eigenvalue weighted by molar-refractivity contribution is -0.118. The smallest absolute Gasteiger partial charge is 0.264 e. The second kappa shape index (κ2) is 6.30. The Hall–Kier alpha value is -2.50. The summed E-state index contributed by atoms with van der Waals surface area (Å²) < 4.78 is 5.63. The number of hydrogen-bond donors (Lipinski definition) is 1. The highest BCUT2D eigenvalue weighted by Gasteiger charge is 2.16. The maximum atomic E-state index is 11.8. The van der Waals surface area contributed by atoms with Gasteiger partial charge < -0.3 is 4.74 Å². The molecular formula is C15H16N4O2. The Kier molecular flexibility index (Phi) is 4.04. The standard InChI is InChI=1S/C15H16N4O2/c20-14(19-15-17-7-3-8-18-15)10-21-13-6-9-16-12-5-2-1-4-11(12)13/h3,6-9H,1-2,4-5,10H2,(H,17,18,19,20). The first-order chi connectivity index (χ1) is 10.3. The molecule has 0 radical (unpaired) electrons. The number of hydrogen-bond acceptors (Lipinski definition) is 5. The lowest BCUT2D eigenvalue weighted by Gasteiger charge is -2.18. The molecule has 0 spiro atoms. The van der Waals surface area contributed by atoms with Crippen LogP contribution in [0.25, 0.3) is 0 Å². The van der Waals surface area contributed by atoms with Crippen LogP contribution in [0.4, 0.5) is 5.95 Å². The number of aromatic nitrogens is 3. The number of fused-ring (bicyclic) bond motifs is 1. The van der Waals surface area contributed by atoms with Crippen LogP contribution in [-0.2, 0) is 17.6 Å². The van der Waals surface area contributed by atoms with Crippen molar-refractivity contribution >= 4 is 11.9 Å². The van der Waals surface area contributed by atoms with Crippen molar-refractivity contribution in [3.05, 3.63) is 42.0 Å². The fraction of sp³-hybridized carbons (Fsp3) is 0.333. The van der Waals surface area contributed by atoms with Crippen molar-refractivity contribution in [2.75, 3.05) is 11.9 Å². The Morgan fingerprint density at radius 2 is 1.95 bits per heavy atom. The van der Waals surface area contributed by atoms with Crippen LogP contribution in [0, 0.1) is 0 Å². The molecule has 3 rings (SSSR count). The molecule has 0 aliphatic heterocycles. The predicted octanol–water partition coefficient (Wildman–Crippen LogP) is 1.77. The van der Waals surface area contributed by atoms with E-state index in [2.05, 4.69) is 20.3 Å². The first-order valence-electron chi connectivity index (χ1n) is 6.99. The van der Waals surface area contributed by atoms with Gasteiger partial charge in [0.25, 0.3) is 5.91 Å². The van der Waals surface area contributed by atoms with Crippen molar-refractivity contribution in [2.24, 2.45) is 0 Å². The Morgan fingerprint density at radius 1 is 1.14 bits per heavy atom. The average Bonchev–Trinajstić information content (AvgIpc) is 2.54. The van der Waals surface area contributed by atoms with Crippen LogP contribution in [0.3, 0.4) is 0 Å². The molecule has 0 saturated heterocycles.